The summed E-state index contributed by atoms with van der Waals surface area (Å²) in [6.07, 6.45) is 5.80. The molecule has 0 saturated carbocycles. The van der Waals surface area contributed by atoms with Gasteiger partial charge in [-0.2, -0.15) is 0 Å². The molecule has 1 fully saturated rings. The van der Waals surface area contributed by atoms with Crippen molar-refractivity contribution in [2.45, 2.75) is 57.6 Å². The van der Waals surface area contributed by atoms with Crippen molar-refractivity contribution in [3.8, 4) is 0 Å². The molecule has 1 heterocycles. The standard InChI is InChI=1S/C13H27NO3S/c1-13(2,12(15)8-11-18(3,16)17)14-9-6-4-5-7-10-14/h12,15H,4-11H2,1-3H3. The van der Waals surface area contributed by atoms with Crippen molar-refractivity contribution < 1.29 is 13.5 Å². The zero-order valence-electron chi connectivity index (χ0n) is 11.9. The number of aliphatic hydroxyl groups excluding tert-OH is 1. The Bertz CT molecular complexity index is 343. The van der Waals surface area contributed by atoms with Crippen LogP contribution < -0.4 is 0 Å². The van der Waals surface area contributed by atoms with Gasteiger partial charge < -0.3 is 5.11 Å². The highest BCUT2D eigenvalue weighted by molar-refractivity contribution is 7.90. The van der Waals surface area contributed by atoms with Gasteiger partial charge in [-0.25, -0.2) is 8.42 Å². The minimum atomic E-state index is -3.00. The third kappa shape index (κ3) is 4.86. The van der Waals surface area contributed by atoms with Gasteiger partial charge in [0.1, 0.15) is 9.84 Å². The first-order chi connectivity index (χ1) is 8.23. The Labute approximate surface area is 111 Å². The molecule has 108 valence electrons. The number of hydrogen-bond acceptors (Lipinski definition) is 4. The van der Waals surface area contributed by atoms with Gasteiger partial charge in [-0.1, -0.05) is 12.8 Å². The third-order valence-electron chi connectivity index (χ3n) is 4.00. The van der Waals surface area contributed by atoms with Crippen molar-refractivity contribution in [1.82, 2.24) is 4.90 Å². The van der Waals surface area contributed by atoms with Crippen LogP contribution in [0.2, 0.25) is 0 Å². The number of rotatable bonds is 5. The number of likely N-dealkylation sites (tertiary alicyclic amines) is 1. The predicted molar refractivity (Wildman–Crippen MR) is 74.5 cm³/mol. The van der Waals surface area contributed by atoms with Crippen LogP contribution in [-0.2, 0) is 9.84 Å². The lowest BCUT2D eigenvalue weighted by Crippen LogP contribution is -2.53. The first-order valence-electron chi connectivity index (χ1n) is 6.84. The van der Waals surface area contributed by atoms with Gasteiger partial charge in [0, 0.05) is 11.8 Å². The normalized spacial score (nSPS) is 21.6. The van der Waals surface area contributed by atoms with Gasteiger partial charge in [0.2, 0.25) is 0 Å². The number of aliphatic hydroxyl groups is 1. The number of nitrogens with zero attached hydrogens (tertiary/aromatic N) is 1. The van der Waals surface area contributed by atoms with Crippen LogP contribution in [0.25, 0.3) is 0 Å². The van der Waals surface area contributed by atoms with Gasteiger partial charge in [0.25, 0.3) is 0 Å². The van der Waals surface area contributed by atoms with Gasteiger partial charge in [0.05, 0.1) is 11.9 Å². The highest BCUT2D eigenvalue weighted by atomic mass is 32.2. The Hall–Kier alpha value is -0.130. The molecule has 1 rings (SSSR count). The molecule has 0 aromatic carbocycles. The first-order valence-corrected chi connectivity index (χ1v) is 8.90. The van der Waals surface area contributed by atoms with Gasteiger partial charge in [-0.15, -0.1) is 0 Å². The van der Waals surface area contributed by atoms with Crippen molar-refractivity contribution >= 4 is 9.84 Å². The van der Waals surface area contributed by atoms with E-state index in [1.807, 2.05) is 13.8 Å². The summed E-state index contributed by atoms with van der Waals surface area (Å²) in [5.41, 5.74) is -0.338. The largest absolute Gasteiger partial charge is 0.391 e. The Kier molecular flexibility index (Phi) is 5.62. The molecule has 0 bridgehead atoms. The molecule has 1 atom stereocenters. The lowest BCUT2D eigenvalue weighted by atomic mass is 9.92. The molecule has 18 heavy (non-hydrogen) atoms. The smallest absolute Gasteiger partial charge is 0.147 e. The molecule has 0 aromatic rings. The lowest BCUT2D eigenvalue weighted by Gasteiger charge is -2.41. The Morgan fingerprint density at radius 2 is 1.67 bits per heavy atom. The quantitative estimate of drug-likeness (QED) is 0.826. The van der Waals surface area contributed by atoms with Crippen LogP contribution in [0.5, 0.6) is 0 Å². The molecule has 1 unspecified atom stereocenters. The van der Waals surface area contributed by atoms with Crippen molar-refractivity contribution in [2.75, 3.05) is 25.1 Å². The number of hydrogen-bond donors (Lipinski definition) is 1. The van der Waals surface area contributed by atoms with E-state index in [9.17, 15) is 13.5 Å². The first kappa shape index (κ1) is 15.9. The maximum absolute atomic E-state index is 11.2. The fourth-order valence-corrected chi connectivity index (χ4v) is 3.19. The third-order valence-corrected chi connectivity index (χ3v) is 4.98. The molecule has 1 N–H and O–H groups in total. The summed E-state index contributed by atoms with van der Waals surface area (Å²) in [6.45, 7) is 6.04. The van der Waals surface area contributed by atoms with Crippen molar-refractivity contribution in [1.29, 1.82) is 0 Å². The van der Waals surface area contributed by atoms with E-state index in [2.05, 4.69) is 4.90 Å². The molecule has 4 nitrogen and oxygen atoms in total. The molecule has 5 heteroatoms. The SMILES string of the molecule is CC(C)(C(O)CCS(C)(=O)=O)N1CCCCCC1. The fraction of sp³-hybridized carbons (Fsp3) is 1.00. The van der Waals surface area contributed by atoms with E-state index in [0.29, 0.717) is 6.42 Å². The monoisotopic (exact) mass is 277 g/mol. The van der Waals surface area contributed by atoms with E-state index in [1.165, 1.54) is 31.9 Å². The highest BCUT2D eigenvalue weighted by Crippen LogP contribution is 2.25. The van der Waals surface area contributed by atoms with Gasteiger partial charge in [-0.3, -0.25) is 4.90 Å². The second-order valence-corrected chi connectivity index (χ2v) is 8.25. The molecule has 1 saturated heterocycles. The summed E-state index contributed by atoms with van der Waals surface area (Å²) in [5, 5.41) is 10.3. The highest BCUT2D eigenvalue weighted by Gasteiger charge is 2.34. The van der Waals surface area contributed by atoms with Crippen LogP contribution >= 0.6 is 0 Å². The van der Waals surface area contributed by atoms with E-state index in [1.54, 1.807) is 0 Å². The zero-order valence-corrected chi connectivity index (χ0v) is 12.7. The van der Waals surface area contributed by atoms with Crippen molar-refractivity contribution in [3.63, 3.8) is 0 Å². The Balaban J connectivity index is 2.59. The maximum atomic E-state index is 11.2. The fourth-order valence-electron chi connectivity index (χ4n) is 2.54. The Morgan fingerprint density at radius 1 is 1.17 bits per heavy atom. The van der Waals surface area contributed by atoms with Gasteiger partial charge >= 0.3 is 0 Å². The van der Waals surface area contributed by atoms with Crippen molar-refractivity contribution in [3.05, 3.63) is 0 Å². The molecule has 1 aliphatic heterocycles. The summed E-state index contributed by atoms with van der Waals surface area (Å²) < 4.78 is 22.3. The van der Waals surface area contributed by atoms with E-state index < -0.39 is 15.9 Å². The summed E-state index contributed by atoms with van der Waals surface area (Å²) in [4.78, 5) is 2.31. The minimum Gasteiger partial charge on any atom is -0.391 e. The molecular weight excluding hydrogens is 250 g/mol. The molecule has 1 aliphatic rings. The molecule has 0 aromatic heterocycles. The minimum absolute atomic E-state index is 0.0609. The van der Waals surface area contributed by atoms with Crippen LogP contribution in [-0.4, -0.2) is 55.2 Å². The number of sulfone groups is 1. The maximum Gasteiger partial charge on any atom is 0.147 e. The Morgan fingerprint density at radius 3 is 2.11 bits per heavy atom. The molecule has 0 amide bonds. The second-order valence-electron chi connectivity index (χ2n) is 5.99. The van der Waals surface area contributed by atoms with Crippen LogP contribution in [0.15, 0.2) is 0 Å². The topological polar surface area (TPSA) is 57.6 Å². The van der Waals surface area contributed by atoms with Crippen LogP contribution in [0.3, 0.4) is 0 Å². The molecule has 0 radical (unpaired) electrons. The van der Waals surface area contributed by atoms with Crippen molar-refractivity contribution in [2.24, 2.45) is 0 Å². The average molecular weight is 277 g/mol. The summed E-state index contributed by atoms with van der Waals surface area (Å²) in [5.74, 6) is 0.0609. The van der Waals surface area contributed by atoms with Gasteiger partial charge in [-0.05, 0) is 46.2 Å². The second kappa shape index (κ2) is 6.35. The lowest BCUT2D eigenvalue weighted by molar-refractivity contribution is -0.00962. The zero-order chi connectivity index (χ0) is 13.8. The summed E-state index contributed by atoms with van der Waals surface area (Å²) in [6, 6.07) is 0. The van der Waals surface area contributed by atoms with E-state index in [4.69, 9.17) is 0 Å². The molecular formula is C13H27NO3S. The van der Waals surface area contributed by atoms with E-state index in [0.717, 1.165) is 13.1 Å². The van der Waals surface area contributed by atoms with Crippen LogP contribution in [0.1, 0.15) is 46.0 Å². The molecule has 0 aliphatic carbocycles. The summed E-state index contributed by atoms with van der Waals surface area (Å²) >= 11 is 0. The van der Waals surface area contributed by atoms with E-state index in [-0.39, 0.29) is 11.3 Å². The van der Waals surface area contributed by atoms with E-state index >= 15 is 0 Å². The predicted octanol–water partition coefficient (Wildman–Crippen LogP) is 1.44. The summed E-state index contributed by atoms with van der Waals surface area (Å²) in [7, 11) is -3.00. The van der Waals surface area contributed by atoms with Crippen LogP contribution in [0.4, 0.5) is 0 Å². The van der Waals surface area contributed by atoms with Crippen LogP contribution in [0, 0.1) is 0 Å². The average Bonchev–Trinajstić information content (AvgIpc) is 2.53. The van der Waals surface area contributed by atoms with Gasteiger partial charge in [0.15, 0.2) is 0 Å². The molecule has 0 spiro atoms.